The molecule has 0 aliphatic heterocycles. The van der Waals surface area contributed by atoms with Crippen molar-refractivity contribution in [3.63, 3.8) is 0 Å². The first kappa shape index (κ1) is 20.4. The van der Waals surface area contributed by atoms with Gasteiger partial charge >= 0.3 is 0 Å². The number of methoxy groups -OCH3 is 1. The third-order valence-corrected chi connectivity index (χ3v) is 5.64. The van der Waals surface area contributed by atoms with Crippen LogP contribution in [0.4, 0.5) is 5.69 Å². The van der Waals surface area contributed by atoms with Crippen molar-refractivity contribution in [2.45, 2.75) is 13.8 Å². The summed E-state index contributed by atoms with van der Waals surface area (Å²) in [5.74, 6) is 0.810. The first-order chi connectivity index (χ1) is 14.4. The number of hydrogen-bond acceptors (Lipinski definition) is 4. The Morgan fingerprint density at radius 2 is 1.93 bits per heavy atom. The average molecular weight is 486 g/mol. The highest BCUT2D eigenvalue weighted by atomic mass is 79.9. The zero-order chi connectivity index (χ0) is 21.4. The molecule has 0 saturated carbocycles. The summed E-state index contributed by atoms with van der Waals surface area (Å²) in [5.41, 5.74) is 5.31. The maximum Gasteiger partial charge on any atom is 0.255 e. The molecule has 7 heteroatoms. The summed E-state index contributed by atoms with van der Waals surface area (Å²) in [6.07, 6.45) is 0. The number of ether oxygens (including phenoxy) is 1. The molecule has 0 aliphatic carbocycles. The van der Waals surface area contributed by atoms with Crippen molar-refractivity contribution in [2.24, 2.45) is 0 Å². The van der Waals surface area contributed by atoms with Crippen molar-refractivity contribution in [1.82, 2.24) is 4.98 Å². The Morgan fingerprint density at radius 3 is 2.67 bits per heavy atom. The van der Waals surface area contributed by atoms with Crippen LogP contribution in [0, 0.1) is 13.8 Å². The van der Waals surface area contributed by atoms with Gasteiger partial charge in [-0.3, -0.25) is 4.79 Å². The number of nitrogens with zero attached hydrogens (tertiary/aromatic N) is 1. The number of benzene rings is 3. The largest absolute Gasteiger partial charge is 0.496 e. The van der Waals surface area contributed by atoms with Crippen LogP contribution in [0.3, 0.4) is 0 Å². The van der Waals surface area contributed by atoms with E-state index in [0.717, 1.165) is 22.2 Å². The Morgan fingerprint density at radius 1 is 1.13 bits per heavy atom. The summed E-state index contributed by atoms with van der Waals surface area (Å²) >= 11 is 9.80. The van der Waals surface area contributed by atoms with Crippen molar-refractivity contribution in [3.05, 3.63) is 74.7 Å². The molecule has 1 heterocycles. The van der Waals surface area contributed by atoms with E-state index < -0.39 is 0 Å². The van der Waals surface area contributed by atoms with Gasteiger partial charge in [0.1, 0.15) is 11.3 Å². The lowest BCUT2D eigenvalue weighted by atomic mass is 10.1. The number of halogens is 2. The molecule has 1 aromatic heterocycles. The van der Waals surface area contributed by atoms with Gasteiger partial charge in [-0.2, -0.15) is 0 Å². The number of rotatable bonds is 4. The molecule has 0 unspecified atom stereocenters. The lowest BCUT2D eigenvalue weighted by molar-refractivity contribution is 0.102. The number of anilines is 1. The van der Waals surface area contributed by atoms with E-state index in [0.29, 0.717) is 37.9 Å². The lowest BCUT2D eigenvalue weighted by Gasteiger charge is -2.09. The molecular formula is C23H18BrClN2O3. The monoisotopic (exact) mass is 484 g/mol. The van der Waals surface area contributed by atoms with Crippen molar-refractivity contribution < 1.29 is 13.9 Å². The molecule has 0 saturated heterocycles. The molecule has 0 bridgehead atoms. The fraction of sp³-hybridized carbons (Fsp3) is 0.130. The van der Waals surface area contributed by atoms with Gasteiger partial charge in [0.2, 0.25) is 5.89 Å². The molecule has 1 N–H and O–H groups in total. The number of fused-ring (bicyclic) bond motifs is 1. The van der Waals surface area contributed by atoms with Gasteiger partial charge in [-0.1, -0.05) is 17.7 Å². The van der Waals surface area contributed by atoms with Crippen molar-refractivity contribution in [3.8, 4) is 17.2 Å². The molecule has 1 amide bonds. The summed E-state index contributed by atoms with van der Waals surface area (Å²) in [4.78, 5) is 17.3. The predicted molar refractivity (Wildman–Crippen MR) is 123 cm³/mol. The van der Waals surface area contributed by atoms with Crippen molar-refractivity contribution in [1.29, 1.82) is 0 Å². The summed E-state index contributed by atoms with van der Waals surface area (Å²) in [7, 11) is 1.57. The number of oxazole rings is 1. The molecule has 3 aromatic carbocycles. The van der Waals surface area contributed by atoms with E-state index in [4.69, 9.17) is 20.8 Å². The zero-order valence-corrected chi connectivity index (χ0v) is 18.9. The molecule has 4 rings (SSSR count). The van der Waals surface area contributed by atoms with Crippen LogP contribution >= 0.6 is 27.5 Å². The molecule has 0 atom stereocenters. The zero-order valence-electron chi connectivity index (χ0n) is 16.5. The van der Waals surface area contributed by atoms with Gasteiger partial charge < -0.3 is 14.5 Å². The average Bonchev–Trinajstić information content (AvgIpc) is 3.13. The Kier molecular flexibility index (Phi) is 5.54. The minimum absolute atomic E-state index is 0.254. The number of hydrogen-bond donors (Lipinski definition) is 1. The topological polar surface area (TPSA) is 64.4 Å². The first-order valence-electron chi connectivity index (χ1n) is 9.18. The smallest absolute Gasteiger partial charge is 0.255 e. The van der Waals surface area contributed by atoms with E-state index in [2.05, 4.69) is 26.2 Å². The number of aryl methyl sites for hydroxylation is 2. The SMILES string of the molecule is COc1ccc(C(=O)Nc2ccc(Cl)c(-c3nc4cc(C)cc(C)c4o3)c2)cc1Br. The van der Waals surface area contributed by atoms with E-state index in [1.54, 1.807) is 43.5 Å². The molecule has 0 radical (unpaired) electrons. The molecule has 30 heavy (non-hydrogen) atoms. The molecule has 5 nitrogen and oxygen atoms in total. The summed E-state index contributed by atoms with van der Waals surface area (Å²) < 4.78 is 11.9. The van der Waals surface area contributed by atoms with Gasteiger partial charge in [0.05, 0.1) is 22.2 Å². The molecule has 0 spiro atoms. The second-order valence-corrected chi connectivity index (χ2v) is 8.21. The van der Waals surface area contributed by atoms with E-state index in [9.17, 15) is 4.79 Å². The minimum atomic E-state index is -0.254. The summed E-state index contributed by atoms with van der Waals surface area (Å²) in [6.45, 7) is 4.00. The van der Waals surface area contributed by atoms with Crippen LogP contribution in [-0.2, 0) is 0 Å². The maximum atomic E-state index is 12.7. The van der Waals surface area contributed by atoms with Gasteiger partial charge in [0, 0.05) is 11.3 Å². The van der Waals surface area contributed by atoms with Gasteiger partial charge in [-0.05, 0) is 83.4 Å². The van der Waals surface area contributed by atoms with Crippen LogP contribution in [0.15, 0.2) is 57.4 Å². The summed E-state index contributed by atoms with van der Waals surface area (Å²) in [6, 6.07) is 14.3. The highest BCUT2D eigenvalue weighted by Crippen LogP contribution is 2.34. The van der Waals surface area contributed by atoms with Crippen molar-refractivity contribution >= 4 is 50.2 Å². The predicted octanol–water partition coefficient (Wildman–Crippen LogP) is 6.79. The van der Waals surface area contributed by atoms with Crippen molar-refractivity contribution in [2.75, 3.05) is 12.4 Å². The highest BCUT2D eigenvalue weighted by molar-refractivity contribution is 9.10. The Hall–Kier alpha value is -2.83. The normalized spacial score (nSPS) is 11.0. The van der Waals surface area contributed by atoms with E-state index in [1.807, 2.05) is 26.0 Å². The number of aromatic nitrogens is 1. The Balaban J connectivity index is 1.66. The first-order valence-corrected chi connectivity index (χ1v) is 10.4. The quantitative estimate of drug-likeness (QED) is 0.346. The van der Waals surface area contributed by atoms with Gasteiger partial charge in [0.25, 0.3) is 5.91 Å². The van der Waals surface area contributed by atoms with Crippen LogP contribution in [-0.4, -0.2) is 18.0 Å². The fourth-order valence-corrected chi connectivity index (χ4v) is 4.01. The number of carbonyl (C=O) groups is 1. The van der Waals surface area contributed by atoms with Gasteiger partial charge in [0.15, 0.2) is 5.58 Å². The highest BCUT2D eigenvalue weighted by Gasteiger charge is 2.16. The molecule has 0 aliphatic rings. The Bertz CT molecular complexity index is 1280. The lowest BCUT2D eigenvalue weighted by Crippen LogP contribution is -2.12. The molecular weight excluding hydrogens is 468 g/mol. The number of amides is 1. The molecule has 4 aromatic rings. The van der Waals surface area contributed by atoms with E-state index in [-0.39, 0.29) is 5.91 Å². The standard InChI is InChI=1S/C23H18BrClN2O3/c1-12-8-13(2)21-19(9-12)27-23(30-21)16-11-15(5-6-18(16)25)26-22(28)14-4-7-20(29-3)17(24)10-14/h4-11H,1-3H3,(H,26,28). The van der Waals surface area contributed by atoms with Crippen LogP contribution in [0.5, 0.6) is 5.75 Å². The minimum Gasteiger partial charge on any atom is -0.496 e. The van der Waals surface area contributed by atoms with Crippen LogP contribution < -0.4 is 10.1 Å². The van der Waals surface area contributed by atoms with Gasteiger partial charge in [-0.25, -0.2) is 4.98 Å². The van der Waals surface area contributed by atoms with Crippen LogP contribution in [0.1, 0.15) is 21.5 Å². The second kappa shape index (κ2) is 8.13. The molecule has 0 fully saturated rings. The van der Waals surface area contributed by atoms with E-state index >= 15 is 0 Å². The Labute approximate surface area is 187 Å². The van der Waals surface area contributed by atoms with E-state index in [1.165, 1.54) is 0 Å². The second-order valence-electron chi connectivity index (χ2n) is 6.95. The third-order valence-electron chi connectivity index (χ3n) is 4.69. The maximum absolute atomic E-state index is 12.7. The van der Waals surface area contributed by atoms with Crippen LogP contribution in [0.25, 0.3) is 22.6 Å². The third kappa shape index (κ3) is 3.93. The number of nitrogens with one attached hydrogen (secondary N) is 1. The summed E-state index contributed by atoms with van der Waals surface area (Å²) in [5, 5.41) is 3.37. The van der Waals surface area contributed by atoms with Gasteiger partial charge in [-0.15, -0.1) is 0 Å². The number of carbonyl (C=O) groups excluding carboxylic acids is 1. The van der Waals surface area contributed by atoms with Crippen LogP contribution in [0.2, 0.25) is 5.02 Å². The molecule has 152 valence electrons. The fourth-order valence-electron chi connectivity index (χ4n) is 3.27.